The summed E-state index contributed by atoms with van der Waals surface area (Å²) >= 11 is 9.36. The van der Waals surface area contributed by atoms with Crippen LogP contribution in [0.5, 0.6) is 0 Å². The lowest BCUT2D eigenvalue weighted by Gasteiger charge is -2.33. The van der Waals surface area contributed by atoms with Gasteiger partial charge in [-0.05, 0) is 31.0 Å². The highest BCUT2D eigenvalue weighted by molar-refractivity contribution is 9.10. The Morgan fingerprint density at radius 2 is 2.17 bits per heavy atom. The van der Waals surface area contributed by atoms with E-state index in [1.54, 1.807) is 18.2 Å². The van der Waals surface area contributed by atoms with E-state index in [9.17, 15) is 4.79 Å². The summed E-state index contributed by atoms with van der Waals surface area (Å²) in [6, 6.07) is 5.18. The van der Waals surface area contributed by atoms with E-state index in [4.69, 9.17) is 17.3 Å². The van der Waals surface area contributed by atoms with E-state index in [2.05, 4.69) is 21.2 Å². The number of nitrogens with two attached hydrogens (primary N) is 1. The van der Waals surface area contributed by atoms with Crippen LogP contribution in [0.1, 0.15) is 31.1 Å². The van der Waals surface area contributed by atoms with Crippen molar-refractivity contribution in [2.24, 2.45) is 11.7 Å². The standard InChI is InChI=1S/C13H18BrClN2O/c1-8(2)13(3,7-16)17-12(18)10-5-4-9(14)6-11(10)15/h4-6,8H,7,16H2,1-3H3,(H,17,18). The average molecular weight is 334 g/mol. The lowest BCUT2D eigenvalue weighted by atomic mass is 9.88. The van der Waals surface area contributed by atoms with E-state index >= 15 is 0 Å². The van der Waals surface area contributed by atoms with Crippen LogP contribution in [0.25, 0.3) is 0 Å². The van der Waals surface area contributed by atoms with Gasteiger partial charge in [0.2, 0.25) is 0 Å². The number of nitrogens with one attached hydrogen (secondary N) is 1. The second kappa shape index (κ2) is 6.04. The van der Waals surface area contributed by atoms with Crippen LogP contribution in [0.3, 0.4) is 0 Å². The molecule has 100 valence electrons. The van der Waals surface area contributed by atoms with Gasteiger partial charge in [-0.25, -0.2) is 0 Å². The molecule has 1 aromatic rings. The molecule has 0 saturated heterocycles. The zero-order valence-corrected chi connectivity index (χ0v) is 13.1. The molecule has 0 radical (unpaired) electrons. The smallest absolute Gasteiger partial charge is 0.253 e. The number of hydrogen-bond acceptors (Lipinski definition) is 2. The highest BCUT2D eigenvalue weighted by Crippen LogP contribution is 2.23. The van der Waals surface area contributed by atoms with E-state index in [1.807, 2.05) is 20.8 Å². The fraction of sp³-hybridized carbons (Fsp3) is 0.462. The minimum atomic E-state index is -0.437. The molecular formula is C13H18BrClN2O. The van der Waals surface area contributed by atoms with Gasteiger partial charge in [-0.3, -0.25) is 4.79 Å². The van der Waals surface area contributed by atoms with E-state index in [0.29, 0.717) is 17.1 Å². The summed E-state index contributed by atoms with van der Waals surface area (Å²) in [4.78, 5) is 12.2. The number of hydrogen-bond donors (Lipinski definition) is 2. The van der Waals surface area contributed by atoms with Gasteiger partial charge >= 0.3 is 0 Å². The monoisotopic (exact) mass is 332 g/mol. The van der Waals surface area contributed by atoms with Crippen LogP contribution < -0.4 is 11.1 Å². The Morgan fingerprint density at radius 1 is 1.56 bits per heavy atom. The van der Waals surface area contributed by atoms with Gasteiger partial charge in [0, 0.05) is 11.0 Å². The fourth-order valence-electron chi connectivity index (χ4n) is 1.43. The molecule has 1 atom stereocenters. The van der Waals surface area contributed by atoms with Gasteiger partial charge in [-0.15, -0.1) is 0 Å². The van der Waals surface area contributed by atoms with Crippen LogP contribution in [0.2, 0.25) is 5.02 Å². The summed E-state index contributed by atoms with van der Waals surface area (Å²) in [6.07, 6.45) is 0. The molecule has 1 unspecified atom stereocenters. The van der Waals surface area contributed by atoms with E-state index < -0.39 is 5.54 Å². The minimum Gasteiger partial charge on any atom is -0.345 e. The van der Waals surface area contributed by atoms with Crippen LogP contribution in [0.4, 0.5) is 0 Å². The number of amides is 1. The van der Waals surface area contributed by atoms with Crippen LogP contribution >= 0.6 is 27.5 Å². The molecule has 1 amide bonds. The molecule has 0 spiro atoms. The Labute approximate surface area is 121 Å². The Balaban J connectivity index is 2.95. The molecular weight excluding hydrogens is 316 g/mol. The first-order chi connectivity index (χ1) is 8.30. The number of benzene rings is 1. The molecule has 1 rings (SSSR count). The predicted molar refractivity (Wildman–Crippen MR) is 78.9 cm³/mol. The average Bonchev–Trinajstić information content (AvgIpc) is 2.28. The molecule has 0 bridgehead atoms. The van der Waals surface area contributed by atoms with Gasteiger partial charge in [-0.1, -0.05) is 41.4 Å². The summed E-state index contributed by atoms with van der Waals surface area (Å²) in [6.45, 7) is 6.36. The van der Waals surface area contributed by atoms with Crippen molar-refractivity contribution in [3.05, 3.63) is 33.3 Å². The lowest BCUT2D eigenvalue weighted by Crippen LogP contribution is -2.55. The van der Waals surface area contributed by atoms with Crippen molar-refractivity contribution < 1.29 is 4.79 Å². The SMILES string of the molecule is CC(C)C(C)(CN)NC(=O)c1ccc(Br)cc1Cl. The number of rotatable bonds is 4. The molecule has 3 nitrogen and oxygen atoms in total. The molecule has 0 fully saturated rings. The first kappa shape index (κ1) is 15.5. The molecule has 0 aromatic heterocycles. The normalized spacial score (nSPS) is 14.4. The van der Waals surface area contributed by atoms with Crippen molar-refractivity contribution in [2.45, 2.75) is 26.3 Å². The maximum atomic E-state index is 12.2. The van der Waals surface area contributed by atoms with Gasteiger partial charge < -0.3 is 11.1 Å². The first-order valence-corrected chi connectivity index (χ1v) is 6.95. The van der Waals surface area contributed by atoms with Gasteiger partial charge in [0.05, 0.1) is 16.1 Å². The first-order valence-electron chi connectivity index (χ1n) is 5.78. The van der Waals surface area contributed by atoms with Crippen LogP contribution in [-0.2, 0) is 0 Å². The van der Waals surface area contributed by atoms with Gasteiger partial charge in [0.1, 0.15) is 0 Å². The summed E-state index contributed by atoms with van der Waals surface area (Å²) in [5.41, 5.74) is 5.76. The highest BCUT2D eigenvalue weighted by atomic mass is 79.9. The summed E-state index contributed by atoms with van der Waals surface area (Å²) in [7, 11) is 0. The molecule has 0 saturated carbocycles. The quantitative estimate of drug-likeness (QED) is 0.889. The van der Waals surface area contributed by atoms with E-state index in [-0.39, 0.29) is 11.8 Å². The fourth-order valence-corrected chi connectivity index (χ4v) is 2.19. The van der Waals surface area contributed by atoms with Gasteiger partial charge in [0.25, 0.3) is 5.91 Å². The minimum absolute atomic E-state index is 0.200. The zero-order valence-electron chi connectivity index (χ0n) is 10.8. The topological polar surface area (TPSA) is 55.1 Å². The van der Waals surface area contributed by atoms with Crippen LogP contribution in [-0.4, -0.2) is 18.0 Å². The molecule has 1 aromatic carbocycles. The number of carbonyl (C=O) groups is 1. The number of halogens is 2. The van der Waals surface area contributed by atoms with Crippen molar-refractivity contribution in [3.8, 4) is 0 Å². The van der Waals surface area contributed by atoms with Crippen molar-refractivity contribution in [2.75, 3.05) is 6.54 Å². The molecule has 0 heterocycles. The summed E-state index contributed by atoms with van der Waals surface area (Å²) in [5.74, 6) is 0.0369. The zero-order chi connectivity index (χ0) is 13.9. The largest absolute Gasteiger partial charge is 0.345 e. The highest BCUT2D eigenvalue weighted by Gasteiger charge is 2.29. The van der Waals surface area contributed by atoms with Crippen LogP contribution in [0.15, 0.2) is 22.7 Å². The van der Waals surface area contributed by atoms with Gasteiger partial charge in [0.15, 0.2) is 0 Å². The molecule has 0 aliphatic carbocycles. The second-order valence-corrected chi connectivity index (χ2v) is 6.18. The Hall–Kier alpha value is -0.580. The van der Waals surface area contributed by atoms with E-state index in [0.717, 1.165) is 4.47 Å². The van der Waals surface area contributed by atoms with Crippen molar-refractivity contribution in [3.63, 3.8) is 0 Å². The lowest BCUT2D eigenvalue weighted by molar-refractivity contribution is 0.0883. The molecule has 0 aliphatic rings. The Morgan fingerprint density at radius 3 is 2.61 bits per heavy atom. The number of carbonyl (C=O) groups excluding carboxylic acids is 1. The molecule has 18 heavy (non-hydrogen) atoms. The van der Waals surface area contributed by atoms with Crippen molar-refractivity contribution in [1.82, 2.24) is 5.32 Å². The Kier molecular flexibility index (Phi) is 5.20. The third kappa shape index (κ3) is 3.46. The second-order valence-electron chi connectivity index (χ2n) is 4.85. The predicted octanol–water partition coefficient (Wildman–Crippen LogP) is 3.21. The third-order valence-electron chi connectivity index (χ3n) is 3.27. The van der Waals surface area contributed by atoms with Crippen LogP contribution in [0, 0.1) is 5.92 Å². The van der Waals surface area contributed by atoms with Gasteiger partial charge in [-0.2, -0.15) is 0 Å². The van der Waals surface area contributed by atoms with Crippen molar-refractivity contribution in [1.29, 1.82) is 0 Å². The maximum absolute atomic E-state index is 12.2. The summed E-state index contributed by atoms with van der Waals surface area (Å²) in [5, 5.41) is 3.38. The van der Waals surface area contributed by atoms with E-state index in [1.165, 1.54) is 0 Å². The molecule has 5 heteroatoms. The molecule has 3 N–H and O–H groups in total. The van der Waals surface area contributed by atoms with Crippen molar-refractivity contribution >= 4 is 33.4 Å². The Bertz CT molecular complexity index is 451. The third-order valence-corrected chi connectivity index (χ3v) is 4.08. The molecule has 0 aliphatic heterocycles. The summed E-state index contributed by atoms with van der Waals surface area (Å²) < 4.78 is 0.842. The maximum Gasteiger partial charge on any atom is 0.253 e.